The van der Waals surface area contributed by atoms with Crippen molar-refractivity contribution in [2.24, 2.45) is 0 Å². The molecular formula is C12H18. The van der Waals surface area contributed by atoms with Crippen LogP contribution in [-0.2, 0) is 0 Å². The summed E-state index contributed by atoms with van der Waals surface area (Å²) in [4.78, 5) is 0. The van der Waals surface area contributed by atoms with Gasteiger partial charge in [0.05, 0.1) is 0 Å². The van der Waals surface area contributed by atoms with Crippen molar-refractivity contribution >= 4 is 0 Å². The number of hydrogen-bond donors (Lipinski definition) is 0. The third-order valence-electron chi connectivity index (χ3n) is 1.67. The van der Waals surface area contributed by atoms with Crippen molar-refractivity contribution in [3.05, 3.63) is 48.1 Å². The SMILES string of the molecule is C=C(/C=C\C)/C=C(/CC)C(=C)C. The molecule has 0 atom stereocenters. The highest BCUT2D eigenvalue weighted by Gasteiger charge is 1.93. The van der Waals surface area contributed by atoms with E-state index in [0.29, 0.717) is 0 Å². The Bertz CT molecular complexity index is 226. The van der Waals surface area contributed by atoms with Gasteiger partial charge in [-0.05, 0) is 31.4 Å². The van der Waals surface area contributed by atoms with Crippen LogP contribution < -0.4 is 0 Å². The molecule has 0 N–H and O–H groups in total. The molecule has 0 aliphatic carbocycles. The van der Waals surface area contributed by atoms with Crippen LogP contribution >= 0.6 is 0 Å². The summed E-state index contributed by atoms with van der Waals surface area (Å²) in [5.41, 5.74) is 3.44. The van der Waals surface area contributed by atoms with E-state index in [2.05, 4.69) is 26.2 Å². The summed E-state index contributed by atoms with van der Waals surface area (Å²) in [6.07, 6.45) is 7.09. The van der Waals surface area contributed by atoms with Crippen LogP contribution in [0.15, 0.2) is 48.1 Å². The fraction of sp³-hybridized carbons (Fsp3) is 0.333. The molecule has 0 rings (SSSR count). The Morgan fingerprint density at radius 3 is 2.25 bits per heavy atom. The quantitative estimate of drug-likeness (QED) is 0.547. The van der Waals surface area contributed by atoms with E-state index in [1.165, 1.54) is 5.57 Å². The first-order valence-corrected chi connectivity index (χ1v) is 4.29. The second-order valence-corrected chi connectivity index (χ2v) is 2.88. The largest absolute Gasteiger partial charge is 0.0958 e. The van der Waals surface area contributed by atoms with Gasteiger partial charge in [0, 0.05) is 0 Å². The normalized spacial score (nSPS) is 12.1. The molecule has 0 heterocycles. The number of allylic oxidation sites excluding steroid dienone is 6. The first kappa shape index (κ1) is 11.0. The number of hydrogen-bond acceptors (Lipinski definition) is 0. The highest BCUT2D eigenvalue weighted by atomic mass is 14.0. The first-order valence-electron chi connectivity index (χ1n) is 4.29. The molecule has 0 spiro atoms. The van der Waals surface area contributed by atoms with E-state index in [4.69, 9.17) is 0 Å². The molecule has 0 bridgehead atoms. The van der Waals surface area contributed by atoms with E-state index in [9.17, 15) is 0 Å². The Morgan fingerprint density at radius 1 is 1.33 bits per heavy atom. The Kier molecular flexibility index (Phi) is 5.11. The third-order valence-corrected chi connectivity index (χ3v) is 1.67. The lowest BCUT2D eigenvalue weighted by Gasteiger charge is -2.02. The smallest absolute Gasteiger partial charge is 0.0305 e. The first-order chi connectivity index (χ1) is 5.61. The van der Waals surface area contributed by atoms with Gasteiger partial charge in [0.15, 0.2) is 0 Å². The van der Waals surface area contributed by atoms with Crippen molar-refractivity contribution in [1.82, 2.24) is 0 Å². The minimum atomic E-state index is 1.02. The van der Waals surface area contributed by atoms with Gasteiger partial charge in [-0.25, -0.2) is 0 Å². The van der Waals surface area contributed by atoms with Crippen LogP contribution in [0.2, 0.25) is 0 Å². The topological polar surface area (TPSA) is 0 Å². The highest BCUT2D eigenvalue weighted by Crippen LogP contribution is 2.13. The molecule has 66 valence electrons. The zero-order chi connectivity index (χ0) is 9.56. The van der Waals surface area contributed by atoms with Gasteiger partial charge >= 0.3 is 0 Å². The zero-order valence-corrected chi connectivity index (χ0v) is 8.35. The highest BCUT2D eigenvalue weighted by molar-refractivity contribution is 5.37. The molecule has 0 aromatic heterocycles. The summed E-state index contributed by atoms with van der Waals surface area (Å²) in [5, 5.41) is 0. The molecule has 12 heavy (non-hydrogen) atoms. The van der Waals surface area contributed by atoms with Crippen LogP contribution in [0, 0.1) is 0 Å². The predicted octanol–water partition coefficient (Wildman–Crippen LogP) is 4.03. The molecule has 0 saturated heterocycles. The standard InChI is InChI=1S/C12H18/c1-6-8-11(5)9-12(7-2)10(3)4/h6,8-9H,3,5,7H2,1-2,4H3/b8-6-,12-9-. The minimum absolute atomic E-state index is 1.02. The summed E-state index contributed by atoms with van der Waals surface area (Å²) in [6, 6.07) is 0. The van der Waals surface area contributed by atoms with Gasteiger partial charge < -0.3 is 0 Å². The maximum atomic E-state index is 3.91. The van der Waals surface area contributed by atoms with Crippen molar-refractivity contribution in [3.63, 3.8) is 0 Å². The molecular weight excluding hydrogens is 144 g/mol. The molecule has 0 heteroatoms. The van der Waals surface area contributed by atoms with Crippen LogP contribution in [0.4, 0.5) is 0 Å². The summed E-state index contributed by atoms with van der Waals surface area (Å²) < 4.78 is 0. The van der Waals surface area contributed by atoms with E-state index >= 15 is 0 Å². The van der Waals surface area contributed by atoms with E-state index in [0.717, 1.165) is 17.6 Å². The molecule has 0 aromatic carbocycles. The van der Waals surface area contributed by atoms with Gasteiger partial charge in [0.1, 0.15) is 0 Å². The minimum Gasteiger partial charge on any atom is -0.0958 e. The van der Waals surface area contributed by atoms with Crippen molar-refractivity contribution in [2.45, 2.75) is 27.2 Å². The maximum Gasteiger partial charge on any atom is -0.0305 e. The van der Waals surface area contributed by atoms with Gasteiger partial charge in [-0.1, -0.05) is 43.9 Å². The lowest BCUT2D eigenvalue weighted by atomic mass is 10.0. The van der Waals surface area contributed by atoms with Gasteiger partial charge in [-0.15, -0.1) is 0 Å². The summed E-state index contributed by atoms with van der Waals surface area (Å²) in [6.45, 7) is 14.0. The van der Waals surface area contributed by atoms with Crippen molar-refractivity contribution in [2.75, 3.05) is 0 Å². The lowest BCUT2D eigenvalue weighted by molar-refractivity contribution is 1.11. The number of rotatable bonds is 4. The van der Waals surface area contributed by atoms with Crippen molar-refractivity contribution < 1.29 is 0 Å². The zero-order valence-electron chi connectivity index (χ0n) is 8.35. The fourth-order valence-corrected chi connectivity index (χ4v) is 1.01. The van der Waals surface area contributed by atoms with E-state index in [1.54, 1.807) is 0 Å². The molecule has 0 unspecified atom stereocenters. The van der Waals surface area contributed by atoms with Gasteiger partial charge in [-0.3, -0.25) is 0 Å². The average Bonchev–Trinajstić information content (AvgIpc) is 2.00. The second kappa shape index (κ2) is 5.59. The van der Waals surface area contributed by atoms with E-state index < -0.39 is 0 Å². The predicted molar refractivity (Wildman–Crippen MR) is 57.1 cm³/mol. The summed E-state index contributed by atoms with van der Waals surface area (Å²) in [7, 11) is 0. The Hall–Kier alpha value is -1.04. The summed E-state index contributed by atoms with van der Waals surface area (Å²) in [5.74, 6) is 0. The maximum absolute atomic E-state index is 3.91. The molecule has 0 radical (unpaired) electrons. The van der Waals surface area contributed by atoms with Gasteiger partial charge in [0.2, 0.25) is 0 Å². The van der Waals surface area contributed by atoms with E-state index in [-0.39, 0.29) is 0 Å². The van der Waals surface area contributed by atoms with Crippen LogP contribution in [0.3, 0.4) is 0 Å². The van der Waals surface area contributed by atoms with Crippen molar-refractivity contribution in [1.29, 1.82) is 0 Å². The summed E-state index contributed by atoms with van der Waals surface area (Å²) >= 11 is 0. The fourth-order valence-electron chi connectivity index (χ4n) is 1.01. The van der Waals surface area contributed by atoms with Gasteiger partial charge in [-0.2, -0.15) is 0 Å². The molecule has 0 fully saturated rings. The Morgan fingerprint density at radius 2 is 1.92 bits per heavy atom. The molecule has 0 aliphatic heterocycles. The average molecular weight is 162 g/mol. The monoisotopic (exact) mass is 162 g/mol. The van der Waals surface area contributed by atoms with Crippen LogP contribution in [0.1, 0.15) is 27.2 Å². The van der Waals surface area contributed by atoms with Crippen LogP contribution in [0.5, 0.6) is 0 Å². The Balaban J connectivity index is 4.49. The van der Waals surface area contributed by atoms with Gasteiger partial charge in [0.25, 0.3) is 0 Å². The second-order valence-electron chi connectivity index (χ2n) is 2.88. The molecule has 0 nitrogen and oxygen atoms in total. The molecule has 0 amide bonds. The van der Waals surface area contributed by atoms with Crippen LogP contribution in [0.25, 0.3) is 0 Å². The molecule has 0 saturated carbocycles. The van der Waals surface area contributed by atoms with Crippen molar-refractivity contribution in [3.8, 4) is 0 Å². The third kappa shape index (κ3) is 3.97. The van der Waals surface area contributed by atoms with Crippen LogP contribution in [-0.4, -0.2) is 0 Å². The van der Waals surface area contributed by atoms with E-state index in [1.807, 2.05) is 26.0 Å². The molecule has 0 aliphatic rings. The molecule has 0 aromatic rings. The lowest BCUT2D eigenvalue weighted by Crippen LogP contribution is -1.82. The Labute approximate surface area is 76.0 Å².